The maximum absolute atomic E-state index is 15.2. The minimum Gasteiger partial charge on any atom is -0.506 e. The Kier molecular flexibility index (Phi) is 3.76. The van der Waals surface area contributed by atoms with Gasteiger partial charge in [-0.3, -0.25) is 4.79 Å². The Labute approximate surface area is 163 Å². The van der Waals surface area contributed by atoms with E-state index in [1.807, 2.05) is 0 Å². The van der Waals surface area contributed by atoms with Crippen molar-refractivity contribution in [3.8, 4) is 17.0 Å². The molecule has 2 aromatic rings. The molecule has 7 nitrogen and oxygen atoms in total. The van der Waals surface area contributed by atoms with E-state index in [0.717, 1.165) is 0 Å². The zero-order chi connectivity index (χ0) is 20.6. The molecular weight excluding hydrogens is 384 g/mol. The number of halogens is 2. The number of rotatable bonds is 2. The maximum Gasteiger partial charge on any atom is 0.345 e. The van der Waals surface area contributed by atoms with Gasteiger partial charge in [0.05, 0.1) is 11.4 Å². The normalized spacial score (nSPS) is 24.5. The van der Waals surface area contributed by atoms with Crippen LogP contribution in [0.4, 0.5) is 14.5 Å². The van der Waals surface area contributed by atoms with Gasteiger partial charge in [0, 0.05) is 30.3 Å². The summed E-state index contributed by atoms with van der Waals surface area (Å²) in [5.74, 6) is -3.79. The largest absolute Gasteiger partial charge is 0.506 e. The molecule has 5 N–H and O–H groups in total. The van der Waals surface area contributed by atoms with Gasteiger partial charge in [0.1, 0.15) is 5.75 Å². The van der Waals surface area contributed by atoms with Crippen LogP contribution >= 0.6 is 0 Å². The van der Waals surface area contributed by atoms with Crippen molar-refractivity contribution in [2.24, 2.45) is 17.6 Å². The lowest BCUT2D eigenvalue weighted by Gasteiger charge is -2.24. The SMILES string of the molecule is NC1[C@H]2CN(c3cc4c(c(F)c3F)-c3[nH]c(=O)c(C(=O)O)c(O)c3CCC4)C[C@@H]12. The lowest BCUT2D eigenvalue weighted by molar-refractivity contribution is 0.0691. The third-order valence-electron chi connectivity index (χ3n) is 6.50. The third-order valence-corrected chi connectivity index (χ3v) is 6.50. The molecule has 3 aliphatic rings. The number of carbonyl (C=O) groups is 1. The van der Waals surface area contributed by atoms with E-state index in [1.165, 1.54) is 0 Å². The average Bonchev–Trinajstić information content (AvgIpc) is 3.09. The molecule has 2 aliphatic carbocycles. The van der Waals surface area contributed by atoms with Crippen LogP contribution in [0.5, 0.6) is 5.75 Å². The molecular formula is C20H19F2N3O4. The molecule has 0 spiro atoms. The lowest BCUT2D eigenvalue weighted by atomic mass is 9.97. The number of nitrogens with two attached hydrogens (primary N) is 1. The topological polar surface area (TPSA) is 120 Å². The van der Waals surface area contributed by atoms with Gasteiger partial charge in [0.25, 0.3) is 5.56 Å². The highest BCUT2D eigenvalue weighted by Gasteiger charge is 2.54. The molecule has 0 radical (unpaired) electrons. The van der Waals surface area contributed by atoms with Gasteiger partial charge < -0.3 is 25.8 Å². The number of nitrogens with zero attached hydrogens (tertiary/aromatic N) is 1. The van der Waals surface area contributed by atoms with Crippen molar-refractivity contribution in [2.75, 3.05) is 18.0 Å². The fourth-order valence-electron chi connectivity index (χ4n) is 4.87. The molecule has 5 rings (SSSR count). The van der Waals surface area contributed by atoms with E-state index < -0.39 is 34.5 Å². The molecule has 0 amide bonds. The van der Waals surface area contributed by atoms with Gasteiger partial charge in [0.2, 0.25) is 0 Å². The summed E-state index contributed by atoms with van der Waals surface area (Å²) < 4.78 is 30.2. The molecule has 1 aromatic heterocycles. The number of hydrogen-bond donors (Lipinski definition) is 4. The minimum absolute atomic E-state index is 0.0563. The molecule has 1 saturated carbocycles. The van der Waals surface area contributed by atoms with Gasteiger partial charge in [-0.1, -0.05) is 0 Å². The van der Waals surface area contributed by atoms with Gasteiger partial charge in [0.15, 0.2) is 17.2 Å². The van der Waals surface area contributed by atoms with E-state index in [2.05, 4.69) is 4.98 Å². The van der Waals surface area contributed by atoms with Gasteiger partial charge in [-0.25, -0.2) is 13.6 Å². The maximum atomic E-state index is 15.2. The molecule has 0 bridgehead atoms. The van der Waals surface area contributed by atoms with E-state index in [9.17, 15) is 19.8 Å². The highest BCUT2D eigenvalue weighted by molar-refractivity contribution is 5.92. The number of fused-ring (bicyclic) bond motifs is 4. The number of hydrogen-bond acceptors (Lipinski definition) is 5. The minimum atomic E-state index is -1.58. The van der Waals surface area contributed by atoms with Crippen LogP contribution < -0.4 is 16.2 Å². The van der Waals surface area contributed by atoms with Crippen LogP contribution in [0.15, 0.2) is 10.9 Å². The summed E-state index contributed by atoms with van der Waals surface area (Å²) in [6.45, 7) is 1.16. The van der Waals surface area contributed by atoms with Crippen molar-refractivity contribution in [2.45, 2.75) is 25.3 Å². The molecule has 1 saturated heterocycles. The molecule has 29 heavy (non-hydrogen) atoms. The highest BCUT2D eigenvalue weighted by atomic mass is 19.2. The number of aromatic hydroxyl groups is 1. The van der Waals surface area contributed by atoms with Crippen molar-refractivity contribution in [3.05, 3.63) is 44.7 Å². The number of aromatic nitrogens is 1. The summed E-state index contributed by atoms with van der Waals surface area (Å²) in [6.07, 6.45) is 1.11. The van der Waals surface area contributed by atoms with Gasteiger partial charge >= 0.3 is 5.97 Å². The van der Waals surface area contributed by atoms with Crippen LogP contribution in [-0.4, -0.2) is 40.3 Å². The number of nitrogens with one attached hydrogen (secondary N) is 1. The first-order chi connectivity index (χ1) is 13.8. The molecule has 3 atom stereocenters. The van der Waals surface area contributed by atoms with Crippen molar-refractivity contribution in [3.63, 3.8) is 0 Å². The van der Waals surface area contributed by atoms with Crippen LogP contribution in [0, 0.1) is 23.5 Å². The second kappa shape index (κ2) is 6.03. The lowest BCUT2D eigenvalue weighted by Crippen LogP contribution is -2.29. The van der Waals surface area contributed by atoms with Crippen LogP contribution in [0.2, 0.25) is 0 Å². The summed E-state index contributed by atoms with van der Waals surface area (Å²) in [5, 5.41) is 19.5. The van der Waals surface area contributed by atoms with E-state index in [0.29, 0.717) is 43.3 Å². The second-order valence-corrected chi connectivity index (χ2v) is 8.06. The predicted molar refractivity (Wildman–Crippen MR) is 100 cm³/mol. The molecule has 2 heterocycles. The molecule has 2 fully saturated rings. The first kappa shape index (κ1) is 18.1. The molecule has 1 unspecified atom stereocenters. The Hall–Kier alpha value is -2.94. The number of anilines is 1. The van der Waals surface area contributed by atoms with Gasteiger partial charge in [-0.15, -0.1) is 0 Å². The number of H-pyrrole nitrogens is 1. The summed E-state index contributed by atoms with van der Waals surface area (Å²) in [7, 11) is 0. The fourth-order valence-corrected chi connectivity index (χ4v) is 4.87. The first-order valence-corrected chi connectivity index (χ1v) is 9.52. The number of benzene rings is 1. The number of pyridine rings is 1. The quantitative estimate of drug-likeness (QED) is 0.605. The molecule has 1 aromatic carbocycles. The van der Waals surface area contributed by atoms with Crippen LogP contribution in [-0.2, 0) is 12.8 Å². The van der Waals surface area contributed by atoms with Crippen molar-refractivity contribution in [1.82, 2.24) is 4.98 Å². The zero-order valence-electron chi connectivity index (χ0n) is 15.3. The number of carboxylic acids is 1. The van der Waals surface area contributed by atoms with Crippen LogP contribution in [0.25, 0.3) is 11.3 Å². The van der Waals surface area contributed by atoms with Crippen LogP contribution in [0.3, 0.4) is 0 Å². The Morgan fingerprint density at radius 3 is 2.55 bits per heavy atom. The van der Waals surface area contributed by atoms with Crippen molar-refractivity contribution >= 4 is 11.7 Å². The van der Waals surface area contributed by atoms with Crippen molar-refractivity contribution in [1.29, 1.82) is 0 Å². The summed E-state index contributed by atoms with van der Waals surface area (Å²) >= 11 is 0. The number of aryl methyl sites for hydroxylation is 1. The first-order valence-electron chi connectivity index (χ1n) is 9.52. The number of aromatic amines is 1. The van der Waals surface area contributed by atoms with Crippen molar-refractivity contribution < 1.29 is 23.8 Å². The van der Waals surface area contributed by atoms with E-state index in [4.69, 9.17) is 5.73 Å². The standard InChI is InChI=1S/C20H19F2N3O4/c21-14-11(25-5-9-10(6-25)16(9)23)4-7-2-1-3-8-17(12(7)15(14)22)24-19(27)13(18(8)26)20(28)29/h4,9-10,16H,1-3,5-6,23H2,(H,28,29)(H2,24,26,27)/t9-,10+,16?. The van der Waals surface area contributed by atoms with Gasteiger partial charge in [-0.05, 0) is 42.7 Å². The summed E-state index contributed by atoms with van der Waals surface area (Å²) in [6, 6.07) is 1.72. The highest BCUT2D eigenvalue weighted by Crippen LogP contribution is 2.47. The Bertz CT molecular complexity index is 1120. The number of carboxylic acid groups (broad SMARTS) is 1. The van der Waals surface area contributed by atoms with Gasteiger partial charge in [-0.2, -0.15) is 0 Å². The predicted octanol–water partition coefficient (Wildman–Crippen LogP) is 1.61. The molecule has 152 valence electrons. The Morgan fingerprint density at radius 1 is 1.21 bits per heavy atom. The molecule has 9 heteroatoms. The Morgan fingerprint density at radius 2 is 1.90 bits per heavy atom. The third kappa shape index (κ3) is 2.50. The Balaban J connectivity index is 1.67. The monoisotopic (exact) mass is 403 g/mol. The summed E-state index contributed by atoms with van der Waals surface area (Å²) in [4.78, 5) is 27.6. The summed E-state index contributed by atoms with van der Waals surface area (Å²) in [5.41, 5.74) is 4.71. The number of piperidine rings is 1. The molecule has 1 aliphatic heterocycles. The average molecular weight is 403 g/mol. The zero-order valence-corrected chi connectivity index (χ0v) is 15.3. The fraction of sp³-hybridized carbons (Fsp3) is 0.400. The second-order valence-electron chi connectivity index (χ2n) is 8.06. The number of aromatic carboxylic acids is 1. The van der Waals surface area contributed by atoms with E-state index in [1.54, 1.807) is 11.0 Å². The van der Waals surface area contributed by atoms with E-state index in [-0.39, 0.29) is 35.0 Å². The van der Waals surface area contributed by atoms with Crippen LogP contribution in [0.1, 0.15) is 27.9 Å². The van der Waals surface area contributed by atoms with E-state index >= 15 is 8.78 Å². The smallest absolute Gasteiger partial charge is 0.345 e.